The SMILES string of the molecule is CC/C(C)=C/Cc1c(C)c(O)c(OC)c(C)c1O. The van der Waals surface area contributed by atoms with Gasteiger partial charge in [-0.05, 0) is 33.6 Å². The van der Waals surface area contributed by atoms with E-state index in [-0.39, 0.29) is 11.5 Å². The van der Waals surface area contributed by atoms with Crippen molar-refractivity contribution >= 4 is 0 Å². The van der Waals surface area contributed by atoms with Crippen molar-refractivity contribution in [3.05, 3.63) is 28.3 Å². The normalized spacial score (nSPS) is 11.7. The Labute approximate surface area is 109 Å². The van der Waals surface area contributed by atoms with Crippen LogP contribution >= 0.6 is 0 Å². The molecule has 0 fully saturated rings. The number of rotatable bonds is 4. The monoisotopic (exact) mass is 250 g/mol. The molecular formula is C15H22O3. The number of benzene rings is 1. The summed E-state index contributed by atoms with van der Waals surface area (Å²) in [7, 11) is 1.49. The molecule has 3 heteroatoms. The first-order valence-corrected chi connectivity index (χ1v) is 6.17. The molecule has 0 heterocycles. The van der Waals surface area contributed by atoms with E-state index in [1.54, 1.807) is 13.8 Å². The predicted octanol–water partition coefficient (Wildman–Crippen LogP) is 3.62. The summed E-state index contributed by atoms with van der Waals surface area (Å²) in [5, 5.41) is 20.2. The molecule has 18 heavy (non-hydrogen) atoms. The molecule has 0 aliphatic heterocycles. The quantitative estimate of drug-likeness (QED) is 0.634. The minimum Gasteiger partial charge on any atom is -0.507 e. The van der Waals surface area contributed by atoms with Crippen molar-refractivity contribution in [1.82, 2.24) is 0 Å². The molecule has 0 saturated heterocycles. The fourth-order valence-corrected chi connectivity index (χ4v) is 1.92. The van der Waals surface area contributed by atoms with Crippen LogP contribution in [0.2, 0.25) is 0 Å². The number of ether oxygens (including phenoxy) is 1. The number of allylic oxidation sites excluding steroid dienone is 2. The van der Waals surface area contributed by atoms with Crippen LogP contribution in [0.15, 0.2) is 11.6 Å². The van der Waals surface area contributed by atoms with E-state index < -0.39 is 0 Å². The molecule has 0 radical (unpaired) electrons. The third-order valence-corrected chi connectivity index (χ3v) is 3.42. The zero-order chi connectivity index (χ0) is 13.9. The first-order valence-electron chi connectivity index (χ1n) is 6.17. The van der Waals surface area contributed by atoms with Crippen molar-refractivity contribution in [3.8, 4) is 17.2 Å². The number of hydrogen-bond donors (Lipinski definition) is 2. The average Bonchev–Trinajstić information content (AvgIpc) is 2.36. The molecule has 0 saturated carbocycles. The summed E-state index contributed by atoms with van der Waals surface area (Å²) in [6.07, 6.45) is 3.68. The summed E-state index contributed by atoms with van der Waals surface area (Å²) in [4.78, 5) is 0. The van der Waals surface area contributed by atoms with Crippen LogP contribution in [0, 0.1) is 13.8 Å². The first kappa shape index (κ1) is 14.4. The second-order valence-corrected chi connectivity index (χ2v) is 4.57. The standard InChI is InChI=1S/C15H22O3/c1-6-9(2)7-8-12-10(3)14(17)15(18-5)11(4)13(12)16/h7,16-17H,6,8H2,1-5H3/b9-7+. The second-order valence-electron chi connectivity index (χ2n) is 4.57. The van der Waals surface area contributed by atoms with Crippen LogP contribution in [0.25, 0.3) is 0 Å². The Morgan fingerprint density at radius 2 is 1.78 bits per heavy atom. The topological polar surface area (TPSA) is 49.7 Å². The number of aromatic hydroxyl groups is 2. The van der Waals surface area contributed by atoms with E-state index in [1.165, 1.54) is 12.7 Å². The molecule has 0 unspecified atom stereocenters. The third kappa shape index (κ3) is 2.61. The maximum Gasteiger partial charge on any atom is 0.167 e. The molecule has 0 bridgehead atoms. The van der Waals surface area contributed by atoms with Crippen molar-refractivity contribution in [1.29, 1.82) is 0 Å². The minimum atomic E-state index is 0.116. The van der Waals surface area contributed by atoms with E-state index in [2.05, 4.69) is 19.9 Å². The Kier molecular flexibility index (Phi) is 4.65. The van der Waals surface area contributed by atoms with Gasteiger partial charge in [0.15, 0.2) is 11.5 Å². The fourth-order valence-electron chi connectivity index (χ4n) is 1.92. The van der Waals surface area contributed by atoms with Gasteiger partial charge in [0.2, 0.25) is 0 Å². The highest BCUT2D eigenvalue weighted by molar-refractivity contribution is 5.61. The summed E-state index contributed by atoms with van der Waals surface area (Å²) in [5.41, 5.74) is 3.29. The smallest absolute Gasteiger partial charge is 0.167 e. The van der Waals surface area contributed by atoms with Crippen molar-refractivity contribution < 1.29 is 14.9 Å². The van der Waals surface area contributed by atoms with Crippen molar-refractivity contribution in [2.75, 3.05) is 7.11 Å². The Morgan fingerprint density at radius 3 is 2.28 bits per heavy atom. The fraction of sp³-hybridized carbons (Fsp3) is 0.467. The van der Waals surface area contributed by atoms with Crippen LogP contribution in [0.5, 0.6) is 17.2 Å². The number of methoxy groups -OCH3 is 1. The van der Waals surface area contributed by atoms with Crippen LogP contribution in [-0.4, -0.2) is 17.3 Å². The molecule has 1 rings (SSSR count). The molecule has 0 spiro atoms. The van der Waals surface area contributed by atoms with E-state index in [4.69, 9.17) is 4.74 Å². The molecule has 0 aliphatic carbocycles. The van der Waals surface area contributed by atoms with Crippen LogP contribution in [-0.2, 0) is 6.42 Å². The van der Waals surface area contributed by atoms with Gasteiger partial charge in [0, 0.05) is 16.7 Å². The lowest BCUT2D eigenvalue weighted by molar-refractivity contribution is 0.361. The van der Waals surface area contributed by atoms with Crippen LogP contribution in [0.4, 0.5) is 0 Å². The molecule has 3 nitrogen and oxygen atoms in total. The van der Waals surface area contributed by atoms with E-state index >= 15 is 0 Å². The Balaban J connectivity index is 3.29. The summed E-state index contributed by atoms with van der Waals surface area (Å²) >= 11 is 0. The highest BCUT2D eigenvalue weighted by Crippen LogP contribution is 2.42. The largest absolute Gasteiger partial charge is 0.507 e. The summed E-state index contributed by atoms with van der Waals surface area (Å²) < 4.78 is 5.11. The molecule has 0 atom stereocenters. The van der Waals surface area contributed by atoms with Crippen molar-refractivity contribution in [3.63, 3.8) is 0 Å². The Morgan fingerprint density at radius 1 is 1.17 bits per heavy atom. The molecule has 2 N–H and O–H groups in total. The van der Waals surface area contributed by atoms with Crippen LogP contribution < -0.4 is 4.74 Å². The van der Waals surface area contributed by atoms with Gasteiger partial charge in [0.1, 0.15) is 5.75 Å². The summed E-state index contributed by atoms with van der Waals surface area (Å²) in [5.74, 6) is 0.678. The van der Waals surface area contributed by atoms with E-state index in [9.17, 15) is 10.2 Å². The highest BCUT2D eigenvalue weighted by atomic mass is 16.5. The molecule has 0 aliphatic rings. The first-order chi connectivity index (χ1) is 8.43. The lowest BCUT2D eigenvalue weighted by atomic mass is 9.97. The number of phenols is 2. The maximum absolute atomic E-state index is 10.2. The zero-order valence-corrected chi connectivity index (χ0v) is 11.8. The van der Waals surface area contributed by atoms with Gasteiger partial charge >= 0.3 is 0 Å². The van der Waals surface area contributed by atoms with Crippen LogP contribution in [0.3, 0.4) is 0 Å². The Bertz CT molecular complexity index is 444. The molecule has 0 amide bonds. The molecule has 0 aromatic heterocycles. The number of hydrogen-bond acceptors (Lipinski definition) is 3. The zero-order valence-electron chi connectivity index (χ0n) is 11.8. The summed E-state index contributed by atoms with van der Waals surface area (Å²) in [6, 6.07) is 0. The second kappa shape index (κ2) is 5.80. The van der Waals surface area contributed by atoms with Gasteiger partial charge in [-0.15, -0.1) is 0 Å². The Hall–Kier alpha value is -1.64. The molecule has 1 aromatic carbocycles. The van der Waals surface area contributed by atoms with Crippen LogP contribution in [0.1, 0.15) is 37.0 Å². The van der Waals surface area contributed by atoms with Gasteiger partial charge in [0.25, 0.3) is 0 Å². The minimum absolute atomic E-state index is 0.116. The number of phenolic OH excluding ortho intramolecular Hbond substituents is 2. The summed E-state index contributed by atoms with van der Waals surface area (Å²) in [6.45, 7) is 7.69. The van der Waals surface area contributed by atoms with Gasteiger partial charge in [-0.1, -0.05) is 18.6 Å². The van der Waals surface area contributed by atoms with E-state index in [1.807, 2.05) is 0 Å². The van der Waals surface area contributed by atoms with E-state index in [0.717, 1.165) is 12.0 Å². The van der Waals surface area contributed by atoms with Gasteiger partial charge in [-0.3, -0.25) is 0 Å². The predicted molar refractivity (Wildman–Crippen MR) is 73.5 cm³/mol. The highest BCUT2D eigenvalue weighted by Gasteiger charge is 2.18. The van der Waals surface area contributed by atoms with E-state index in [0.29, 0.717) is 23.3 Å². The van der Waals surface area contributed by atoms with Gasteiger partial charge < -0.3 is 14.9 Å². The average molecular weight is 250 g/mol. The van der Waals surface area contributed by atoms with Gasteiger partial charge in [-0.25, -0.2) is 0 Å². The van der Waals surface area contributed by atoms with Crippen molar-refractivity contribution in [2.24, 2.45) is 0 Å². The lowest BCUT2D eigenvalue weighted by Crippen LogP contribution is -1.97. The van der Waals surface area contributed by atoms with Gasteiger partial charge in [-0.2, -0.15) is 0 Å². The molecular weight excluding hydrogens is 228 g/mol. The lowest BCUT2D eigenvalue weighted by Gasteiger charge is -2.16. The molecule has 1 aromatic rings. The molecule has 100 valence electrons. The van der Waals surface area contributed by atoms with Crippen molar-refractivity contribution in [2.45, 2.75) is 40.5 Å². The third-order valence-electron chi connectivity index (χ3n) is 3.42. The maximum atomic E-state index is 10.2. The van der Waals surface area contributed by atoms with Gasteiger partial charge in [0.05, 0.1) is 7.11 Å².